The Hall–Kier alpha value is -4.27. The average molecular weight is 663 g/mol. The van der Waals surface area contributed by atoms with Crippen molar-refractivity contribution in [3.05, 3.63) is 63.9 Å². The van der Waals surface area contributed by atoms with Crippen molar-refractivity contribution in [2.45, 2.75) is 31.0 Å². The molecule has 1 aliphatic heterocycles. The van der Waals surface area contributed by atoms with Crippen LogP contribution in [0.3, 0.4) is 0 Å². The number of methoxy groups -OCH3 is 1. The summed E-state index contributed by atoms with van der Waals surface area (Å²) in [6.45, 7) is 4.74. The van der Waals surface area contributed by atoms with Gasteiger partial charge in [0.15, 0.2) is 11.4 Å². The van der Waals surface area contributed by atoms with Crippen LogP contribution in [-0.4, -0.2) is 130 Å². The van der Waals surface area contributed by atoms with Crippen LogP contribution in [-0.2, 0) is 27.3 Å². The van der Waals surface area contributed by atoms with Crippen LogP contribution in [0, 0.1) is 11.8 Å². The fourth-order valence-corrected chi connectivity index (χ4v) is 8.14. The van der Waals surface area contributed by atoms with Crippen LogP contribution >= 0.6 is 0 Å². The summed E-state index contributed by atoms with van der Waals surface area (Å²) in [6, 6.07) is 7.83. The Kier molecular flexibility index (Phi) is 8.85. The van der Waals surface area contributed by atoms with Crippen LogP contribution in [0.25, 0.3) is 16.9 Å². The van der Waals surface area contributed by atoms with Crippen molar-refractivity contribution in [3.8, 4) is 22.6 Å². The fraction of sp³-hybridized carbons (Fsp3) is 0.457. The molecule has 13 heteroatoms. The molecule has 256 valence electrons. The number of carbonyl (C=O) groups excluding carboxylic acids is 3. The number of likely N-dealkylation sites (N-methyl/N-ethyl adjacent to an activating group) is 1. The molecular formula is C35H42N4O9. The Morgan fingerprint density at radius 3 is 2.38 bits per heavy atom. The molecule has 4 atom stereocenters. The van der Waals surface area contributed by atoms with Gasteiger partial charge in [-0.2, -0.15) is 0 Å². The standard InChI is InChI=1S/C35H42N4O9/c1-37(2)29-23-16-19-15-22-21(18-4-7-25(48-3)20(14-18)17-39-10-8-38(9-11-39)12-13-40)5-6-24(41)27(22)30(42)26(19)32(44)35(23,47)33(45)28(31(29)43)34(36)46/h4-7,14,19,23,29,40-42,45,47H,8-13,15-17H2,1-3H3,(H2,36,46)/t19-,23-,29-,35-/m1/s1. The minimum Gasteiger partial charge on any atom is -0.508 e. The van der Waals surface area contributed by atoms with E-state index in [9.17, 15) is 39.9 Å². The summed E-state index contributed by atoms with van der Waals surface area (Å²) in [4.78, 5) is 45.8. The monoisotopic (exact) mass is 662 g/mol. The van der Waals surface area contributed by atoms with Crippen LogP contribution in [0.2, 0.25) is 0 Å². The molecule has 1 amide bonds. The van der Waals surface area contributed by atoms with Gasteiger partial charge < -0.3 is 36.0 Å². The Bertz CT molecular complexity index is 1740. The van der Waals surface area contributed by atoms with Crippen LogP contribution in [0.15, 0.2) is 47.2 Å². The molecule has 7 N–H and O–H groups in total. The summed E-state index contributed by atoms with van der Waals surface area (Å²) in [5.41, 5.74) is 4.81. The van der Waals surface area contributed by atoms with E-state index in [1.54, 1.807) is 27.3 Å². The van der Waals surface area contributed by atoms with E-state index in [1.165, 1.54) is 11.0 Å². The van der Waals surface area contributed by atoms with E-state index >= 15 is 0 Å². The molecule has 6 rings (SSSR count). The van der Waals surface area contributed by atoms with Gasteiger partial charge in [-0.15, -0.1) is 0 Å². The summed E-state index contributed by atoms with van der Waals surface area (Å²) in [6.07, 6.45) is 0.198. The second kappa shape index (κ2) is 12.6. The van der Waals surface area contributed by atoms with Gasteiger partial charge in [0.25, 0.3) is 5.91 Å². The maximum absolute atomic E-state index is 14.2. The van der Waals surface area contributed by atoms with Gasteiger partial charge in [0.1, 0.15) is 28.6 Å². The first kappa shape index (κ1) is 33.6. The van der Waals surface area contributed by atoms with Gasteiger partial charge in [-0.3, -0.25) is 29.1 Å². The van der Waals surface area contributed by atoms with E-state index in [0.717, 1.165) is 42.9 Å². The number of Topliss-reactive ketones (excluding diaryl/α,β-unsaturated/α-hetero) is 2. The lowest BCUT2D eigenvalue weighted by molar-refractivity contribution is -0.153. The number of benzene rings is 2. The van der Waals surface area contributed by atoms with Gasteiger partial charge in [-0.25, -0.2) is 0 Å². The van der Waals surface area contributed by atoms with Crippen molar-refractivity contribution in [1.82, 2.24) is 14.7 Å². The molecule has 0 unspecified atom stereocenters. The summed E-state index contributed by atoms with van der Waals surface area (Å²) >= 11 is 0. The van der Waals surface area contributed by atoms with Crippen LogP contribution in [0.1, 0.15) is 23.1 Å². The number of nitrogens with two attached hydrogens (primary N) is 1. The minimum atomic E-state index is -2.69. The van der Waals surface area contributed by atoms with Crippen molar-refractivity contribution < 1.29 is 44.7 Å². The molecule has 4 aliphatic rings. The zero-order chi connectivity index (χ0) is 34.7. The fourth-order valence-electron chi connectivity index (χ4n) is 8.14. The lowest BCUT2D eigenvalue weighted by atomic mass is 9.57. The quantitative estimate of drug-likeness (QED) is 0.217. The van der Waals surface area contributed by atoms with E-state index in [-0.39, 0.29) is 36.3 Å². The largest absolute Gasteiger partial charge is 0.508 e. The molecule has 1 heterocycles. The Morgan fingerprint density at radius 1 is 1.06 bits per heavy atom. The number of phenolic OH excluding ortho intramolecular Hbond substituents is 1. The number of primary amides is 1. The van der Waals surface area contributed by atoms with E-state index in [2.05, 4.69) is 9.80 Å². The summed E-state index contributed by atoms with van der Waals surface area (Å²) < 4.78 is 5.69. The number of aliphatic hydroxyl groups excluding tert-OH is 3. The average Bonchev–Trinajstić information content (AvgIpc) is 3.03. The number of phenols is 1. The van der Waals surface area contributed by atoms with Crippen LogP contribution in [0.5, 0.6) is 11.5 Å². The molecule has 0 aromatic heterocycles. The van der Waals surface area contributed by atoms with Crippen molar-refractivity contribution in [2.75, 3.05) is 60.5 Å². The highest BCUT2D eigenvalue weighted by Gasteiger charge is 2.64. The third-order valence-electron chi connectivity index (χ3n) is 10.5. The molecule has 1 saturated heterocycles. The van der Waals surface area contributed by atoms with Gasteiger partial charge in [0.05, 0.1) is 25.3 Å². The van der Waals surface area contributed by atoms with Gasteiger partial charge in [0.2, 0.25) is 5.78 Å². The maximum Gasteiger partial charge on any atom is 0.255 e. The van der Waals surface area contributed by atoms with Crippen molar-refractivity contribution in [1.29, 1.82) is 0 Å². The van der Waals surface area contributed by atoms with Gasteiger partial charge in [-0.1, -0.05) is 12.1 Å². The number of hydrogen-bond donors (Lipinski definition) is 6. The topological polar surface area (TPSA) is 197 Å². The third-order valence-corrected chi connectivity index (χ3v) is 10.5. The maximum atomic E-state index is 14.2. The first-order valence-corrected chi connectivity index (χ1v) is 16.1. The van der Waals surface area contributed by atoms with Crippen LogP contribution < -0.4 is 10.5 Å². The van der Waals surface area contributed by atoms with Crippen molar-refractivity contribution in [2.24, 2.45) is 17.6 Å². The number of amides is 1. The lowest BCUT2D eigenvalue weighted by Gasteiger charge is -2.50. The molecule has 3 aliphatic carbocycles. The molecule has 2 aromatic carbocycles. The van der Waals surface area contributed by atoms with Crippen LogP contribution in [0.4, 0.5) is 0 Å². The zero-order valence-corrected chi connectivity index (χ0v) is 27.3. The second-order valence-corrected chi connectivity index (χ2v) is 13.3. The highest BCUT2D eigenvalue weighted by molar-refractivity contribution is 6.24. The summed E-state index contributed by atoms with van der Waals surface area (Å²) in [5, 5.41) is 54.9. The number of carbonyl (C=O) groups is 3. The van der Waals surface area contributed by atoms with Gasteiger partial charge in [-0.05, 0) is 67.7 Å². The number of ether oxygens (including phenoxy) is 1. The number of fused-ring (bicyclic) bond motifs is 3. The van der Waals surface area contributed by atoms with E-state index in [1.807, 2.05) is 18.2 Å². The van der Waals surface area contributed by atoms with E-state index in [4.69, 9.17) is 10.5 Å². The molecule has 2 aromatic rings. The number of aliphatic hydroxyl groups is 4. The predicted molar refractivity (Wildman–Crippen MR) is 175 cm³/mol. The second-order valence-electron chi connectivity index (χ2n) is 13.3. The lowest BCUT2D eigenvalue weighted by Crippen LogP contribution is -2.65. The minimum absolute atomic E-state index is 0.0109. The number of ketones is 2. The number of β-amino-alcohol motifs (C(OH)–C–C–N with tert-alkyl or cyclic N) is 1. The molecule has 2 fully saturated rings. The molecule has 0 spiro atoms. The zero-order valence-electron chi connectivity index (χ0n) is 27.3. The molecule has 0 radical (unpaired) electrons. The first-order chi connectivity index (χ1) is 22.8. The van der Waals surface area contributed by atoms with Crippen molar-refractivity contribution in [3.63, 3.8) is 0 Å². The molecule has 48 heavy (non-hydrogen) atoms. The Morgan fingerprint density at radius 2 is 1.75 bits per heavy atom. The highest BCUT2D eigenvalue weighted by Crippen LogP contribution is 2.53. The van der Waals surface area contributed by atoms with E-state index in [0.29, 0.717) is 24.4 Å². The SMILES string of the molecule is COc1ccc(-c2ccc(O)c3c2C[C@@H]2C[C@@H]4[C@@H](N(C)C)C(=O)C(C(N)=O)=C(O)[C@]4(O)C(=O)C2=C3O)cc1CN1CCN(CCO)CC1. The van der Waals surface area contributed by atoms with Gasteiger partial charge >= 0.3 is 0 Å². The molecule has 1 saturated carbocycles. The third kappa shape index (κ3) is 5.26. The molecular weight excluding hydrogens is 620 g/mol. The Labute approximate surface area is 278 Å². The number of piperazine rings is 1. The summed E-state index contributed by atoms with van der Waals surface area (Å²) in [7, 11) is 4.75. The molecule has 0 bridgehead atoms. The van der Waals surface area contributed by atoms with Gasteiger partial charge in [0, 0.05) is 56.3 Å². The highest BCUT2D eigenvalue weighted by atomic mass is 16.5. The normalized spacial score (nSPS) is 26.4. The van der Waals surface area contributed by atoms with E-state index < -0.39 is 58.0 Å². The number of rotatable bonds is 8. The smallest absolute Gasteiger partial charge is 0.255 e. The Balaban J connectivity index is 1.42. The number of nitrogens with zero attached hydrogens (tertiary/aromatic N) is 3. The number of hydrogen-bond acceptors (Lipinski definition) is 12. The predicted octanol–water partition coefficient (Wildman–Crippen LogP) is 0.750. The molecule has 13 nitrogen and oxygen atoms in total. The summed E-state index contributed by atoms with van der Waals surface area (Å²) in [5.74, 6) is -6.13. The van der Waals surface area contributed by atoms with Crippen molar-refractivity contribution >= 4 is 23.2 Å². The number of aromatic hydroxyl groups is 1. The first-order valence-electron chi connectivity index (χ1n) is 16.1.